The third kappa shape index (κ3) is 3.12. The van der Waals surface area contributed by atoms with Gasteiger partial charge in [-0.2, -0.15) is 0 Å². The highest BCUT2D eigenvalue weighted by atomic mass is 35.5. The number of nitrogens with one attached hydrogen (secondary N) is 1. The number of nitrogen functional groups attached to an aromatic ring is 1. The Bertz CT molecular complexity index is 978. The Balaban J connectivity index is 1.91. The normalized spacial score (nSPS) is 10.8. The van der Waals surface area contributed by atoms with Crippen molar-refractivity contribution in [2.24, 2.45) is 0 Å². The van der Waals surface area contributed by atoms with E-state index in [1.807, 2.05) is 25.1 Å². The molecule has 0 radical (unpaired) electrons. The molecule has 1 aromatic heterocycles. The van der Waals surface area contributed by atoms with E-state index in [0.29, 0.717) is 22.5 Å². The molecular weight excluding hydrogens is 326 g/mol. The van der Waals surface area contributed by atoms with E-state index in [4.69, 9.17) is 17.4 Å². The lowest BCUT2D eigenvalue weighted by Gasteiger charge is -2.10. The van der Waals surface area contributed by atoms with Crippen molar-refractivity contribution >= 4 is 28.4 Å². The van der Waals surface area contributed by atoms with E-state index in [2.05, 4.69) is 5.32 Å². The van der Waals surface area contributed by atoms with Gasteiger partial charge >= 0.3 is 0 Å². The van der Waals surface area contributed by atoms with E-state index in [9.17, 15) is 9.59 Å². The van der Waals surface area contributed by atoms with Gasteiger partial charge in [-0.3, -0.25) is 14.3 Å². The molecule has 122 valence electrons. The lowest BCUT2D eigenvalue weighted by Crippen LogP contribution is -2.30. The summed E-state index contributed by atoms with van der Waals surface area (Å²) in [5, 5.41) is 3.78. The second-order valence-electron chi connectivity index (χ2n) is 5.61. The number of amides is 1. The number of halogens is 1. The van der Waals surface area contributed by atoms with Crippen molar-refractivity contribution in [1.29, 1.82) is 0 Å². The quantitative estimate of drug-likeness (QED) is 0.719. The summed E-state index contributed by atoms with van der Waals surface area (Å²) in [4.78, 5) is 25.0. The Morgan fingerprint density at radius 3 is 2.62 bits per heavy atom. The van der Waals surface area contributed by atoms with Crippen molar-refractivity contribution in [2.45, 2.75) is 13.5 Å². The molecule has 0 bridgehead atoms. The number of carbonyl (C=O) groups is 1. The van der Waals surface area contributed by atoms with Crippen LogP contribution < -0.4 is 16.6 Å². The Labute approximate surface area is 143 Å². The van der Waals surface area contributed by atoms with E-state index in [0.717, 1.165) is 11.1 Å². The Hall–Kier alpha value is -2.79. The van der Waals surface area contributed by atoms with E-state index in [1.165, 1.54) is 10.9 Å². The first kappa shape index (κ1) is 16.1. The van der Waals surface area contributed by atoms with E-state index >= 15 is 0 Å². The number of aromatic nitrogens is 1. The summed E-state index contributed by atoms with van der Waals surface area (Å²) >= 11 is 5.83. The Kier molecular flexibility index (Phi) is 4.27. The van der Waals surface area contributed by atoms with Crippen LogP contribution in [-0.4, -0.2) is 10.6 Å². The van der Waals surface area contributed by atoms with E-state index in [1.54, 1.807) is 24.3 Å². The van der Waals surface area contributed by atoms with Gasteiger partial charge in [0.1, 0.15) is 5.56 Å². The predicted molar refractivity (Wildman–Crippen MR) is 95.7 cm³/mol. The van der Waals surface area contributed by atoms with Crippen LogP contribution in [0.2, 0.25) is 5.02 Å². The number of hydrogen-bond acceptors (Lipinski definition) is 3. The standard InChI is InChI=1S/C18H16ClN3O2/c1-11-2-7-16-14(8-11)17(23)15(10-22(16)20)18(24)21-9-12-3-5-13(19)6-4-12/h2-8,10H,9,20H2,1H3,(H,21,24). The maximum absolute atomic E-state index is 12.6. The van der Waals surface area contributed by atoms with Gasteiger partial charge in [-0.05, 0) is 36.8 Å². The van der Waals surface area contributed by atoms with E-state index in [-0.39, 0.29) is 11.0 Å². The average Bonchev–Trinajstić information content (AvgIpc) is 2.57. The topological polar surface area (TPSA) is 77.1 Å². The third-order valence-corrected chi connectivity index (χ3v) is 4.05. The zero-order valence-corrected chi connectivity index (χ0v) is 13.8. The van der Waals surface area contributed by atoms with Gasteiger partial charge in [0.05, 0.1) is 5.52 Å². The average molecular weight is 342 g/mol. The van der Waals surface area contributed by atoms with Crippen LogP contribution >= 0.6 is 11.6 Å². The highest BCUT2D eigenvalue weighted by Crippen LogP contribution is 2.13. The molecule has 2 aromatic carbocycles. The van der Waals surface area contributed by atoms with Crippen LogP contribution in [0.25, 0.3) is 10.9 Å². The number of nitrogens with zero attached hydrogens (tertiary/aromatic N) is 1. The van der Waals surface area contributed by atoms with Gasteiger partial charge in [0.25, 0.3) is 5.91 Å². The number of rotatable bonds is 3. The molecule has 0 aliphatic heterocycles. The maximum Gasteiger partial charge on any atom is 0.257 e. The van der Waals surface area contributed by atoms with Gasteiger partial charge in [0.2, 0.25) is 5.43 Å². The summed E-state index contributed by atoms with van der Waals surface area (Å²) in [6.45, 7) is 2.18. The first-order chi connectivity index (χ1) is 11.5. The van der Waals surface area contributed by atoms with Gasteiger partial charge < -0.3 is 11.2 Å². The molecule has 0 fully saturated rings. The number of hydrogen-bond donors (Lipinski definition) is 2. The van der Waals surface area contributed by atoms with Crippen LogP contribution in [-0.2, 0) is 6.54 Å². The molecule has 0 aliphatic rings. The first-order valence-electron chi connectivity index (χ1n) is 7.39. The van der Waals surface area contributed by atoms with Crippen molar-refractivity contribution < 1.29 is 4.79 Å². The SMILES string of the molecule is Cc1ccc2c(c1)c(=O)c(C(=O)NCc1ccc(Cl)cc1)cn2N. The molecule has 0 saturated carbocycles. The third-order valence-electron chi connectivity index (χ3n) is 3.80. The summed E-state index contributed by atoms with van der Waals surface area (Å²) in [5.41, 5.74) is 2.09. The lowest BCUT2D eigenvalue weighted by molar-refractivity contribution is 0.0949. The summed E-state index contributed by atoms with van der Waals surface area (Å²) in [5.74, 6) is 5.46. The van der Waals surface area contributed by atoms with Crippen molar-refractivity contribution in [2.75, 3.05) is 5.84 Å². The lowest BCUT2D eigenvalue weighted by atomic mass is 10.1. The molecule has 0 aliphatic carbocycles. The van der Waals surface area contributed by atoms with Gasteiger partial charge in [-0.15, -0.1) is 0 Å². The minimum Gasteiger partial charge on any atom is -0.348 e. The Morgan fingerprint density at radius 2 is 1.92 bits per heavy atom. The highest BCUT2D eigenvalue weighted by Gasteiger charge is 2.14. The molecule has 1 amide bonds. The number of pyridine rings is 1. The summed E-state index contributed by atoms with van der Waals surface area (Å²) in [6, 6.07) is 12.5. The fourth-order valence-corrected chi connectivity index (χ4v) is 2.64. The number of nitrogens with two attached hydrogens (primary N) is 1. The molecule has 24 heavy (non-hydrogen) atoms. The molecule has 0 saturated heterocycles. The smallest absolute Gasteiger partial charge is 0.257 e. The summed E-state index contributed by atoms with van der Waals surface area (Å²) < 4.78 is 1.30. The fraction of sp³-hybridized carbons (Fsp3) is 0.111. The van der Waals surface area contributed by atoms with E-state index < -0.39 is 5.91 Å². The van der Waals surface area contributed by atoms with Crippen molar-refractivity contribution in [3.63, 3.8) is 0 Å². The van der Waals surface area contributed by atoms with Crippen molar-refractivity contribution in [1.82, 2.24) is 9.99 Å². The number of aryl methyl sites for hydroxylation is 1. The van der Waals surface area contributed by atoms with Gasteiger partial charge in [-0.25, -0.2) is 0 Å². The molecule has 3 aromatic rings. The minimum absolute atomic E-state index is 0.0181. The summed E-state index contributed by atoms with van der Waals surface area (Å²) in [6.07, 6.45) is 1.36. The van der Waals surface area contributed by atoms with Crippen LogP contribution in [0.15, 0.2) is 53.5 Å². The van der Waals surface area contributed by atoms with Crippen molar-refractivity contribution in [3.8, 4) is 0 Å². The first-order valence-corrected chi connectivity index (χ1v) is 7.77. The molecule has 3 N–H and O–H groups in total. The largest absolute Gasteiger partial charge is 0.348 e. The van der Waals surface area contributed by atoms with Gasteiger partial charge in [-0.1, -0.05) is 35.4 Å². The van der Waals surface area contributed by atoms with Crippen LogP contribution in [0.1, 0.15) is 21.5 Å². The molecule has 3 rings (SSSR count). The van der Waals surface area contributed by atoms with Gasteiger partial charge in [0, 0.05) is 23.2 Å². The molecule has 6 heteroatoms. The predicted octanol–water partition coefficient (Wildman–Crippen LogP) is 2.61. The molecule has 1 heterocycles. The molecule has 5 nitrogen and oxygen atoms in total. The minimum atomic E-state index is -0.461. The molecule has 0 unspecified atom stereocenters. The van der Waals surface area contributed by atoms with Crippen LogP contribution in [0.5, 0.6) is 0 Å². The van der Waals surface area contributed by atoms with Gasteiger partial charge in [0.15, 0.2) is 0 Å². The Morgan fingerprint density at radius 1 is 1.21 bits per heavy atom. The van der Waals surface area contributed by atoms with Crippen LogP contribution in [0, 0.1) is 6.92 Å². The monoisotopic (exact) mass is 341 g/mol. The number of benzene rings is 2. The van der Waals surface area contributed by atoms with Crippen molar-refractivity contribution in [3.05, 3.63) is 80.6 Å². The number of fused-ring (bicyclic) bond motifs is 1. The molecule has 0 spiro atoms. The molecular formula is C18H16ClN3O2. The zero-order valence-electron chi connectivity index (χ0n) is 13.0. The number of carbonyl (C=O) groups excluding carboxylic acids is 1. The summed E-state index contributed by atoms with van der Waals surface area (Å²) in [7, 11) is 0. The zero-order chi connectivity index (χ0) is 17.3. The van der Waals surface area contributed by atoms with Crippen LogP contribution in [0.4, 0.5) is 0 Å². The second-order valence-corrected chi connectivity index (χ2v) is 6.05. The second kappa shape index (κ2) is 6.37. The highest BCUT2D eigenvalue weighted by molar-refractivity contribution is 6.30. The fourth-order valence-electron chi connectivity index (χ4n) is 2.51. The molecule has 0 atom stereocenters. The maximum atomic E-state index is 12.6. The van der Waals surface area contributed by atoms with Crippen LogP contribution in [0.3, 0.4) is 0 Å².